The fourth-order valence-electron chi connectivity index (χ4n) is 3.10. The van der Waals surface area contributed by atoms with Gasteiger partial charge < -0.3 is 9.84 Å². The molecule has 28 heavy (non-hydrogen) atoms. The van der Waals surface area contributed by atoms with E-state index in [1.165, 1.54) is 6.07 Å². The molecule has 1 N–H and O–H groups in total. The van der Waals surface area contributed by atoms with Gasteiger partial charge in [0.2, 0.25) is 0 Å². The van der Waals surface area contributed by atoms with E-state index < -0.39 is 35.6 Å². The fraction of sp³-hybridized carbons (Fsp3) is 0.0476. The summed E-state index contributed by atoms with van der Waals surface area (Å²) in [6.45, 7) is -0.611. The van der Waals surface area contributed by atoms with Crippen LogP contribution in [0, 0.1) is 17.5 Å². The Morgan fingerprint density at radius 2 is 1.64 bits per heavy atom. The highest BCUT2D eigenvalue weighted by Gasteiger charge is 2.20. The zero-order chi connectivity index (χ0) is 19.8. The number of nitrogens with zero attached hydrogens (tertiary/aromatic N) is 1. The number of hydrogen-bond acceptors (Lipinski definition) is 3. The minimum absolute atomic E-state index is 0.0311. The Morgan fingerprint density at radius 1 is 0.929 bits per heavy atom. The van der Waals surface area contributed by atoms with E-state index in [-0.39, 0.29) is 16.7 Å². The number of para-hydroxylation sites is 1. The molecule has 4 rings (SSSR count). The van der Waals surface area contributed by atoms with Crippen LogP contribution in [-0.2, 0) is 6.61 Å². The summed E-state index contributed by atoms with van der Waals surface area (Å²) in [6.07, 6.45) is 0. The summed E-state index contributed by atoms with van der Waals surface area (Å²) in [4.78, 5) is 16.4. The first-order valence-corrected chi connectivity index (χ1v) is 8.27. The van der Waals surface area contributed by atoms with Crippen LogP contribution in [0.2, 0.25) is 0 Å². The molecule has 0 bridgehead atoms. The second-order valence-corrected chi connectivity index (χ2v) is 6.07. The molecular weight excluding hydrogens is 371 g/mol. The maximum absolute atomic E-state index is 13.9. The lowest BCUT2D eigenvalue weighted by Gasteiger charge is -2.13. The minimum atomic E-state index is -1.35. The summed E-state index contributed by atoms with van der Waals surface area (Å²) in [5.41, 5.74) is 0.236. The summed E-state index contributed by atoms with van der Waals surface area (Å²) in [6, 6.07) is 12.9. The van der Waals surface area contributed by atoms with Crippen LogP contribution in [-0.4, -0.2) is 16.1 Å². The van der Waals surface area contributed by atoms with Crippen molar-refractivity contribution in [1.82, 2.24) is 4.98 Å². The smallest absolute Gasteiger partial charge is 0.337 e. The maximum atomic E-state index is 13.9. The summed E-state index contributed by atoms with van der Waals surface area (Å²) < 4.78 is 46.7. The lowest BCUT2D eigenvalue weighted by Crippen LogP contribution is -2.06. The average Bonchev–Trinajstić information content (AvgIpc) is 2.69. The minimum Gasteiger partial charge on any atom is -0.488 e. The van der Waals surface area contributed by atoms with Crippen LogP contribution >= 0.6 is 0 Å². The second-order valence-electron chi connectivity index (χ2n) is 6.07. The molecule has 4 aromatic rings. The molecular formula is C21H12F3NO3. The number of aromatic nitrogens is 1. The van der Waals surface area contributed by atoms with E-state index in [0.29, 0.717) is 22.5 Å². The van der Waals surface area contributed by atoms with Gasteiger partial charge in [-0.15, -0.1) is 0 Å². The van der Waals surface area contributed by atoms with Crippen molar-refractivity contribution in [3.63, 3.8) is 0 Å². The number of carbonyl (C=O) groups is 1. The third-order valence-electron chi connectivity index (χ3n) is 4.39. The molecule has 3 aromatic carbocycles. The third-order valence-corrected chi connectivity index (χ3v) is 4.39. The Bertz CT molecular complexity index is 1240. The molecule has 0 atom stereocenters. The molecule has 0 unspecified atom stereocenters. The molecule has 1 heterocycles. The Kier molecular flexibility index (Phi) is 4.35. The first-order chi connectivity index (χ1) is 13.5. The van der Waals surface area contributed by atoms with Crippen molar-refractivity contribution >= 4 is 27.8 Å². The van der Waals surface area contributed by atoms with Crippen LogP contribution in [0.4, 0.5) is 13.2 Å². The zero-order valence-corrected chi connectivity index (χ0v) is 14.2. The van der Waals surface area contributed by atoms with Crippen LogP contribution in [0.15, 0.2) is 54.6 Å². The van der Waals surface area contributed by atoms with Crippen molar-refractivity contribution in [1.29, 1.82) is 0 Å². The number of rotatable bonds is 4. The van der Waals surface area contributed by atoms with Gasteiger partial charge in [0.05, 0.1) is 27.5 Å². The SMILES string of the molecule is O=C(O)c1c2ccccc2nc2cccc(OCc3c(F)ccc(F)c3F)c12. The number of fused-ring (bicyclic) bond motifs is 2. The van der Waals surface area contributed by atoms with E-state index >= 15 is 0 Å². The Balaban J connectivity index is 1.88. The third kappa shape index (κ3) is 2.90. The van der Waals surface area contributed by atoms with Gasteiger partial charge >= 0.3 is 5.97 Å². The monoisotopic (exact) mass is 383 g/mol. The molecule has 4 nitrogen and oxygen atoms in total. The molecule has 0 fully saturated rings. The quantitative estimate of drug-likeness (QED) is 0.394. The first kappa shape index (κ1) is 17.8. The summed E-state index contributed by atoms with van der Waals surface area (Å²) in [7, 11) is 0. The van der Waals surface area contributed by atoms with Crippen molar-refractivity contribution in [2.75, 3.05) is 0 Å². The maximum Gasteiger partial charge on any atom is 0.337 e. The lowest BCUT2D eigenvalue weighted by molar-refractivity contribution is 0.0700. The van der Waals surface area contributed by atoms with Gasteiger partial charge in [0.15, 0.2) is 11.6 Å². The average molecular weight is 383 g/mol. The number of hydrogen-bond donors (Lipinski definition) is 1. The zero-order valence-electron chi connectivity index (χ0n) is 14.2. The van der Waals surface area contributed by atoms with Crippen LogP contribution in [0.3, 0.4) is 0 Å². The van der Waals surface area contributed by atoms with Gasteiger partial charge in [0.25, 0.3) is 0 Å². The Labute approximate surface area is 156 Å². The molecule has 0 aliphatic rings. The molecule has 0 amide bonds. The van der Waals surface area contributed by atoms with Crippen molar-refractivity contribution in [3.05, 3.63) is 83.2 Å². The number of pyridine rings is 1. The second kappa shape index (κ2) is 6.84. The number of benzene rings is 3. The number of carboxylic acids is 1. The normalized spacial score (nSPS) is 11.1. The van der Waals surface area contributed by atoms with Gasteiger partial charge in [0, 0.05) is 5.39 Å². The van der Waals surface area contributed by atoms with Crippen molar-refractivity contribution in [2.45, 2.75) is 6.61 Å². The van der Waals surface area contributed by atoms with Gasteiger partial charge in [-0.25, -0.2) is 22.9 Å². The van der Waals surface area contributed by atoms with E-state index in [1.807, 2.05) is 0 Å². The van der Waals surface area contributed by atoms with E-state index in [1.54, 1.807) is 36.4 Å². The van der Waals surface area contributed by atoms with E-state index in [4.69, 9.17) is 4.74 Å². The highest BCUT2D eigenvalue weighted by molar-refractivity contribution is 6.15. The highest BCUT2D eigenvalue weighted by Crippen LogP contribution is 2.33. The van der Waals surface area contributed by atoms with Gasteiger partial charge in [-0.05, 0) is 30.3 Å². The Hall–Kier alpha value is -3.61. The van der Waals surface area contributed by atoms with Crippen LogP contribution in [0.25, 0.3) is 21.8 Å². The number of ether oxygens (including phenoxy) is 1. The topological polar surface area (TPSA) is 59.4 Å². The molecule has 0 aliphatic heterocycles. The van der Waals surface area contributed by atoms with Crippen LogP contribution < -0.4 is 4.74 Å². The van der Waals surface area contributed by atoms with Gasteiger partial charge in [-0.1, -0.05) is 24.3 Å². The van der Waals surface area contributed by atoms with Gasteiger partial charge in [-0.2, -0.15) is 0 Å². The van der Waals surface area contributed by atoms with E-state index in [2.05, 4.69) is 4.98 Å². The largest absolute Gasteiger partial charge is 0.488 e. The molecule has 0 saturated carbocycles. The summed E-state index contributed by atoms with van der Waals surface area (Å²) in [5, 5.41) is 10.4. The van der Waals surface area contributed by atoms with Crippen LogP contribution in [0.1, 0.15) is 15.9 Å². The summed E-state index contributed by atoms with van der Waals surface area (Å²) in [5.74, 6) is -4.61. The van der Waals surface area contributed by atoms with E-state index in [0.717, 1.165) is 6.07 Å². The summed E-state index contributed by atoms with van der Waals surface area (Å²) >= 11 is 0. The molecule has 140 valence electrons. The lowest BCUT2D eigenvalue weighted by atomic mass is 10.0. The Morgan fingerprint density at radius 3 is 2.43 bits per heavy atom. The van der Waals surface area contributed by atoms with Crippen molar-refractivity contribution in [2.24, 2.45) is 0 Å². The highest BCUT2D eigenvalue weighted by atomic mass is 19.2. The number of aromatic carboxylic acids is 1. The first-order valence-electron chi connectivity index (χ1n) is 8.27. The predicted molar refractivity (Wildman–Crippen MR) is 96.9 cm³/mol. The molecule has 7 heteroatoms. The van der Waals surface area contributed by atoms with Crippen molar-refractivity contribution < 1.29 is 27.8 Å². The molecule has 0 spiro atoms. The van der Waals surface area contributed by atoms with E-state index in [9.17, 15) is 23.1 Å². The molecule has 0 saturated heterocycles. The molecule has 1 aromatic heterocycles. The van der Waals surface area contributed by atoms with Gasteiger partial charge in [-0.3, -0.25) is 0 Å². The number of halogens is 3. The predicted octanol–water partition coefficient (Wildman–Crippen LogP) is 5.08. The fourth-order valence-corrected chi connectivity index (χ4v) is 3.10. The van der Waals surface area contributed by atoms with Crippen molar-refractivity contribution in [3.8, 4) is 5.75 Å². The van der Waals surface area contributed by atoms with Gasteiger partial charge in [0.1, 0.15) is 18.2 Å². The molecule has 0 aliphatic carbocycles. The molecule has 0 radical (unpaired) electrons. The standard InChI is InChI=1S/C21H12F3NO3/c22-13-8-9-14(23)20(24)12(13)10-28-17-7-3-6-16-19(17)18(21(26)27)11-4-1-2-5-15(11)25-16/h1-9H,10H2,(H,26,27). The number of carboxylic acid groups (broad SMARTS) is 1. The van der Waals surface area contributed by atoms with Crippen LogP contribution in [0.5, 0.6) is 5.75 Å².